The molecule has 0 amide bonds. The second-order valence-electron chi connectivity index (χ2n) is 4.64. The molecule has 0 aliphatic rings. The Kier molecular flexibility index (Phi) is 7.30. The van der Waals surface area contributed by atoms with Gasteiger partial charge in [-0.3, -0.25) is 0 Å². The highest BCUT2D eigenvalue weighted by atomic mass is 79.9. The van der Waals surface area contributed by atoms with Crippen LogP contribution in [0.5, 0.6) is 0 Å². The summed E-state index contributed by atoms with van der Waals surface area (Å²) in [7, 11) is 0. The van der Waals surface area contributed by atoms with Gasteiger partial charge in [0.05, 0.1) is 0 Å². The van der Waals surface area contributed by atoms with E-state index in [-0.39, 0.29) is 17.9 Å². The molecule has 0 aliphatic carbocycles. The van der Waals surface area contributed by atoms with Gasteiger partial charge in [0.15, 0.2) is 0 Å². The number of hydrogen-bond acceptors (Lipinski definition) is 3. The van der Waals surface area contributed by atoms with Gasteiger partial charge in [0, 0.05) is 22.4 Å². The van der Waals surface area contributed by atoms with Crippen LogP contribution in [0.15, 0.2) is 28.7 Å². The fourth-order valence-electron chi connectivity index (χ4n) is 1.68. The van der Waals surface area contributed by atoms with Crippen LogP contribution in [0.3, 0.4) is 0 Å². The standard InChI is InChI=1S/C14H22BrNOS/c1-3-13(16)14(18-9-10(2)8-17)11-6-4-5-7-12(11)15/h4-7,10,13-14,17H,3,8-9,16H2,1-2H3. The molecule has 0 radical (unpaired) electrons. The normalized spacial score (nSPS) is 16.3. The molecule has 1 aromatic carbocycles. The van der Waals surface area contributed by atoms with Crippen molar-refractivity contribution in [3.63, 3.8) is 0 Å². The minimum atomic E-state index is 0.139. The van der Waals surface area contributed by atoms with E-state index in [9.17, 15) is 0 Å². The molecule has 1 rings (SSSR count). The van der Waals surface area contributed by atoms with Crippen LogP contribution in [-0.2, 0) is 0 Å². The van der Waals surface area contributed by atoms with Crippen LogP contribution in [0.1, 0.15) is 31.1 Å². The summed E-state index contributed by atoms with van der Waals surface area (Å²) in [6.07, 6.45) is 0.951. The number of hydrogen-bond donors (Lipinski definition) is 2. The zero-order chi connectivity index (χ0) is 13.5. The predicted octanol–water partition coefficient (Wildman–Crippen LogP) is 3.59. The number of aliphatic hydroxyl groups excluding tert-OH is 1. The lowest BCUT2D eigenvalue weighted by Crippen LogP contribution is -2.26. The van der Waals surface area contributed by atoms with Crippen molar-refractivity contribution in [3.8, 4) is 0 Å². The Hall–Kier alpha value is -0.0300. The molecule has 4 heteroatoms. The largest absolute Gasteiger partial charge is 0.396 e. The van der Waals surface area contributed by atoms with Gasteiger partial charge >= 0.3 is 0 Å². The van der Waals surface area contributed by atoms with Crippen molar-refractivity contribution in [2.45, 2.75) is 31.6 Å². The minimum absolute atomic E-state index is 0.139. The summed E-state index contributed by atoms with van der Waals surface area (Å²) in [5.74, 6) is 1.24. The first-order valence-electron chi connectivity index (χ1n) is 6.32. The van der Waals surface area contributed by atoms with E-state index in [4.69, 9.17) is 10.8 Å². The van der Waals surface area contributed by atoms with Gasteiger partial charge in [0.2, 0.25) is 0 Å². The van der Waals surface area contributed by atoms with Gasteiger partial charge in [-0.15, -0.1) is 0 Å². The average Bonchev–Trinajstić information content (AvgIpc) is 2.40. The highest BCUT2D eigenvalue weighted by Crippen LogP contribution is 2.37. The van der Waals surface area contributed by atoms with Gasteiger partial charge in [-0.05, 0) is 29.7 Å². The fourth-order valence-corrected chi connectivity index (χ4v) is 3.83. The van der Waals surface area contributed by atoms with E-state index >= 15 is 0 Å². The Bertz CT molecular complexity index is 361. The Labute approximate surface area is 122 Å². The lowest BCUT2D eigenvalue weighted by atomic mass is 10.0. The molecule has 0 bridgehead atoms. The first-order chi connectivity index (χ1) is 8.60. The van der Waals surface area contributed by atoms with Crippen molar-refractivity contribution in [2.75, 3.05) is 12.4 Å². The van der Waals surface area contributed by atoms with Gasteiger partial charge in [0.1, 0.15) is 0 Å². The molecule has 0 spiro atoms. The van der Waals surface area contributed by atoms with Crippen LogP contribution in [0.2, 0.25) is 0 Å². The van der Waals surface area contributed by atoms with Crippen molar-refractivity contribution in [1.29, 1.82) is 0 Å². The summed E-state index contributed by atoms with van der Waals surface area (Å²) in [6.45, 7) is 4.41. The lowest BCUT2D eigenvalue weighted by molar-refractivity contribution is 0.250. The van der Waals surface area contributed by atoms with E-state index in [1.54, 1.807) is 0 Å². The van der Waals surface area contributed by atoms with E-state index in [0.717, 1.165) is 16.6 Å². The quantitative estimate of drug-likeness (QED) is 0.802. The molecule has 0 heterocycles. The summed E-state index contributed by atoms with van der Waals surface area (Å²) in [5.41, 5.74) is 7.49. The molecule has 3 N–H and O–H groups in total. The SMILES string of the molecule is CCC(N)C(SCC(C)CO)c1ccccc1Br. The summed E-state index contributed by atoms with van der Waals surface area (Å²) in [4.78, 5) is 0. The van der Waals surface area contributed by atoms with Crippen LogP contribution in [0.4, 0.5) is 0 Å². The summed E-state index contributed by atoms with van der Waals surface area (Å²) >= 11 is 5.44. The molecule has 3 atom stereocenters. The number of halogens is 1. The maximum Gasteiger partial charge on any atom is 0.0464 e. The molecular weight excluding hydrogens is 310 g/mol. The Morgan fingerprint density at radius 1 is 1.39 bits per heavy atom. The second-order valence-corrected chi connectivity index (χ2v) is 6.66. The van der Waals surface area contributed by atoms with Crippen LogP contribution < -0.4 is 5.73 Å². The van der Waals surface area contributed by atoms with Crippen molar-refractivity contribution in [3.05, 3.63) is 34.3 Å². The summed E-state index contributed by atoms with van der Waals surface area (Å²) < 4.78 is 1.11. The molecule has 0 saturated heterocycles. The maximum absolute atomic E-state index is 9.11. The Morgan fingerprint density at radius 2 is 2.06 bits per heavy atom. The fraction of sp³-hybridized carbons (Fsp3) is 0.571. The minimum Gasteiger partial charge on any atom is -0.396 e. The number of nitrogens with two attached hydrogens (primary N) is 1. The van der Waals surface area contributed by atoms with Crippen molar-refractivity contribution in [1.82, 2.24) is 0 Å². The van der Waals surface area contributed by atoms with Gasteiger partial charge in [0.25, 0.3) is 0 Å². The average molecular weight is 332 g/mol. The molecule has 0 fully saturated rings. The second kappa shape index (κ2) is 8.20. The Morgan fingerprint density at radius 3 is 2.61 bits per heavy atom. The smallest absolute Gasteiger partial charge is 0.0464 e. The van der Waals surface area contributed by atoms with Crippen LogP contribution in [0.25, 0.3) is 0 Å². The van der Waals surface area contributed by atoms with E-state index < -0.39 is 0 Å². The third-order valence-electron chi connectivity index (χ3n) is 2.94. The number of aliphatic hydroxyl groups is 1. The highest BCUT2D eigenvalue weighted by Gasteiger charge is 2.21. The first-order valence-corrected chi connectivity index (χ1v) is 8.16. The van der Waals surface area contributed by atoms with Gasteiger partial charge < -0.3 is 10.8 Å². The molecule has 0 saturated carbocycles. The molecule has 18 heavy (non-hydrogen) atoms. The molecular formula is C14H22BrNOS. The zero-order valence-electron chi connectivity index (χ0n) is 11.0. The van der Waals surface area contributed by atoms with Crippen molar-refractivity contribution < 1.29 is 5.11 Å². The molecule has 0 aromatic heterocycles. The van der Waals surface area contributed by atoms with E-state index in [2.05, 4.69) is 41.9 Å². The van der Waals surface area contributed by atoms with Crippen molar-refractivity contribution in [2.24, 2.45) is 11.7 Å². The zero-order valence-corrected chi connectivity index (χ0v) is 13.4. The number of rotatable bonds is 7. The Balaban J connectivity index is 2.82. The van der Waals surface area contributed by atoms with Crippen molar-refractivity contribution >= 4 is 27.7 Å². The van der Waals surface area contributed by atoms with Crippen LogP contribution in [-0.4, -0.2) is 23.5 Å². The lowest BCUT2D eigenvalue weighted by Gasteiger charge is -2.25. The van der Waals surface area contributed by atoms with Gasteiger partial charge in [-0.1, -0.05) is 48.0 Å². The monoisotopic (exact) mass is 331 g/mol. The molecule has 2 nitrogen and oxygen atoms in total. The molecule has 3 unspecified atom stereocenters. The molecule has 1 aromatic rings. The molecule has 0 aliphatic heterocycles. The first kappa shape index (κ1) is 16.0. The van der Waals surface area contributed by atoms with Crippen LogP contribution in [0, 0.1) is 5.92 Å². The number of thioether (sulfide) groups is 1. The molecule has 102 valence electrons. The topological polar surface area (TPSA) is 46.2 Å². The predicted molar refractivity (Wildman–Crippen MR) is 83.9 cm³/mol. The van der Waals surface area contributed by atoms with Gasteiger partial charge in [-0.2, -0.15) is 11.8 Å². The van der Waals surface area contributed by atoms with E-state index in [1.165, 1.54) is 5.56 Å². The highest BCUT2D eigenvalue weighted by molar-refractivity contribution is 9.10. The summed E-state index contributed by atoms with van der Waals surface area (Å²) in [5, 5.41) is 9.39. The van der Waals surface area contributed by atoms with E-state index in [0.29, 0.717) is 5.92 Å². The maximum atomic E-state index is 9.11. The van der Waals surface area contributed by atoms with E-state index in [1.807, 2.05) is 23.9 Å². The third kappa shape index (κ3) is 4.57. The van der Waals surface area contributed by atoms with Gasteiger partial charge in [-0.25, -0.2) is 0 Å². The van der Waals surface area contributed by atoms with Crippen LogP contribution >= 0.6 is 27.7 Å². The third-order valence-corrected chi connectivity index (χ3v) is 5.39. The number of benzene rings is 1. The summed E-state index contributed by atoms with van der Waals surface area (Å²) in [6, 6.07) is 8.38.